The maximum absolute atomic E-state index is 13.4. The second kappa shape index (κ2) is 18.7. The zero-order valence-electron chi connectivity index (χ0n) is 25.3. The summed E-state index contributed by atoms with van der Waals surface area (Å²) < 4.78 is 5.31. The molecule has 0 spiro atoms. The number of hydrogen-bond donors (Lipinski definition) is 7. The summed E-state index contributed by atoms with van der Waals surface area (Å²) >= 11 is 0. The van der Waals surface area contributed by atoms with Crippen LogP contribution in [-0.2, 0) is 30.5 Å². The molecule has 1 aromatic carbocycles. The standard InChI is InChI=1S/C29H49N7O6/c1-6-18(4)23(27(40)36-24(19(5)37)28(41)42-16-20-11-8-7-9-12-20)35-26(39)22(13-10-14-33-29(31)32)34-25(38)21(30)15-17(2)3/h7-9,11-12,17-19,21-24,37H,6,10,13-16,30H2,1-5H3,(H,34,38)(H,35,39)(H,36,40)(H4,31,32,33). The van der Waals surface area contributed by atoms with Crippen molar-refractivity contribution in [3.05, 3.63) is 35.9 Å². The molecule has 13 heteroatoms. The van der Waals surface area contributed by atoms with Crippen LogP contribution in [0.25, 0.3) is 0 Å². The van der Waals surface area contributed by atoms with E-state index in [0.29, 0.717) is 19.3 Å². The Morgan fingerprint density at radius 1 is 0.929 bits per heavy atom. The van der Waals surface area contributed by atoms with Crippen molar-refractivity contribution in [2.75, 3.05) is 6.54 Å². The third kappa shape index (κ3) is 13.3. The minimum Gasteiger partial charge on any atom is -0.459 e. The molecule has 0 aliphatic carbocycles. The van der Waals surface area contributed by atoms with E-state index in [-0.39, 0.29) is 37.4 Å². The Hall–Kier alpha value is -3.71. The van der Waals surface area contributed by atoms with Gasteiger partial charge in [-0.25, -0.2) is 4.79 Å². The van der Waals surface area contributed by atoms with Gasteiger partial charge in [0.05, 0.1) is 12.1 Å². The molecule has 0 fully saturated rings. The molecule has 1 aromatic rings. The number of guanidine groups is 1. The number of ether oxygens (including phenoxy) is 1. The average Bonchev–Trinajstić information content (AvgIpc) is 2.93. The molecule has 0 saturated carbocycles. The number of carbonyl (C=O) groups is 4. The van der Waals surface area contributed by atoms with Crippen molar-refractivity contribution in [2.45, 2.75) is 97.2 Å². The van der Waals surface area contributed by atoms with Crippen LogP contribution in [0.4, 0.5) is 0 Å². The Morgan fingerprint density at radius 2 is 1.55 bits per heavy atom. The highest BCUT2D eigenvalue weighted by Gasteiger charge is 2.34. The van der Waals surface area contributed by atoms with Gasteiger partial charge >= 0.3 is 5.97 Å². The van der Waals surface area contributed by atoms with Crippen molar-refractivity contribution in [3.8, 4) is 0 Å². The number of aliphatic imine (C=N–C) groups is 1. The van der Waals surface area contributed by atoms with Crippen LogP contribution < -0.4 is 33.2 Å². The minimum absolute atomic E-state index is 0.0372. The van der Waals surface area contributed by atoms with Crippen molar-refractivity contribution >= 4 is 29.7 Å². The molecule has 42 heavy (non-hydrogen) atoms. The fourth-order valence-corrected chi connectivity index (χ4v) is 4.06. The minimum atomic E-state index is -1.37. The molecule has 10 N–H and O–H groups in total. The highest BCUT2D eigenvalue weighted by Crippen LogP contribution is 2.12. The number of nitrogens with one attached hydrogen (secondary N) is 3. The lowest BCUT2D eigenvalue weighted by molar-refractivity contribution is -0.152. The summed E-state index contributed by atoms with van der Waals surface area (Å²) in [5, 5.41) is 18.2. The van der Waals surface area contributed by atoms with Crippen molar-refractivity contribution in [1.29, 1.82) is 0 Å². The second-order valence-corrected chi connectivity index (χ2v) is 10.9. The van der Waals surface area contributed by atoms with Crippen molar-refractivity contribution in [3.63, 3.8) is 0 Å². The number of amides is 3. The quantitative estimate of drug-likeness (QED) is 0.0529. The molecular weight excluding hydrogens is 542 g/mol. The Kier molecular flexibility index (Phi) is 16.1. The predicted octanol–water partition coefficient (Wildman–Crippen LogP) is 0.0381. The number of aliphatic hydroxyl groups excluding tert-OH is 1. The summed E-state index contributed by atoms with van der Waals surface area (Å²) in [7, 11) is 0. The summed E-state index contributed by atoms with van der Waals surface area (Å²) in [5.41, 5.74) is 17.5. The van der Waals surface area contributed by atoms with E-state index in [1.165, 1.54) is 6.92 Å². The fraction of sp³-hybridized carbons (Fsp3) is 0.621. The van der Waals surface area contributed by atoms with Gasteiger partial charge in [-0.3, -0.25) is 19.4 Å². The van der Waals surface area contributed by atoms with Crippen LogP contribution in [0.1, 0.15) is 65.9 Å². The molecule has 0 saturated heterocycles. The monoisotopic (exact) mass is 591 g/mol. The molecule has 13 nitrogen and oxygen atoms in total. The molecular formula is C29H49N7O6. The zero-order chi connectivity index (χ0) is 31.8. The molecule has 3 amide bonds. The van der Waals surface area contributed by atoms with E-state index in [9.17, 15) is 24.3 Å². The normalized spacial score (nSPS) is 15.3. The first-order valence-corrected chi connectivity index (χ1v) is 14.4. The summed E-state index contributed by atoms with van der Waals surface area (Å²) in [6.07, 6.45) is 0.215. The van der Waals surface area contributed by atoms with Gasteiger partial charge in [-0.05, 0) is 43.6 Å². The Morgan fingerprint density at radius 3 is 2.10 bits per heavy atom. The smallest absolute Gasteiger partial charge is 0.331 e. The number of nitrogens with two attached hydrogens (primary N) is 3. The maximum atomic E-state index is 13.4. The van der Waals surface area contributed by atoms with E-state index < -0.39 is 54.0 Å². The highest BCUT2D eigenvalue weighted by atomic mass is 16.5. The largest absolute Gasteiger partial charge is 0.459 e. The lowest BCUT2D eigenvalue weighted by Gasteiger charge is -2.29. The lowest BCUT2D eigenvalue weighted by Crippen LogP contribution is -2.60. The lowest BCUT2D eigenvalue weighted by atomic mass is 9.96. The van der Waals surface area contributed by atoms with E-state index in [0.717, 1.165) is 5.56 Å². The van der Waals surface area contributed by atoms with Crippen LogP contribution in [0.3, 0.4) is 0 Å². The molecule has 0 aromatic heterocycles. The van der Waals surface area contributed by atoms with E-state index in [4.69, 9.17) is 21.9 Å². The topological polar surface area (TPSA) is 224 Å². The number of esters is 1. The van der Waals surface area contributed by atoms with Gasteiger partial charge in [0.15, 0.2) is 12.0 Å². The van der Waals surface area contributed by atoms with Gasteiger partial charge in [0.25, 0.3) is 0 Å². The molecule has 0 radical (unpaired) electrons. The van der Waals surface area contributed by atoms with Crippen LogP contribution in [-0.4, -0.2) is 71.6 Å². The third-order valence-corrected chi connectivity index (χ3v) is 6.69. The molecule has 0 bridgehead atoms. The Bertz CT molecular complexity index is 1030. The van der Waals surface area contributed by atoms with Gasteiger partial charge in [-0.2, -0.15) is 0 Å². The number of benzene rings is 1. The van der Waals surface area contributed by atoms with E-state index in [1.807, 2.05) is 26.8 Å². The summed E-state index contributed by atoms with van der Waals surface area (Å²) in [4.78, 5) is 56.3. The maximum Gasteiger partial charge on any atom is 0.331 e. The Labute approximate surface area is 248 Å². The predicted molar refractivity (Wildman–Crippen MR) is 161 cm³/mol. The highest BCUT2D eigenvalue weighted by molar-refractivity contribution is 5.94. The van der Waals surface area contributed by atoms with Crippen LogP contribution in [0.15, 0.2) is 35.3 Å². The van der Waals surface area contributed by atoms with Gasteiger partial charge in [0, 0.05) is 6.54 Å². The van der Waals surface area contributed by atoms with Crippen LogP contribution in [0.5, 0.6) is 0 Å². The van der Waals surface area contributed by atoms with Gasteiger partial charge in [-0.1, -0.05) is 64.4 Å². The van der Waals surface area contributed by atoms with Crippen LogP contribution in [0, 0.1) is 11.8 Å². The van der Waals surface area contributed by atoms with Gasteiger partial charge < -0.3 is 43.0 Å². The van der Waals surface area contributed by atoms with E-state index in [2.05, 4.69) is 20.9 Å². The van der Waals surface area contributed by atoms with Crippen LogP contribution in [0.2, 0.25) is 0 Å². The number of rotatable bonds is 18. The number of nitrogens with zero attached hydrogens (tertiary/aromatic N) is 1. The SMILES string of the molecule is CCC(C)C(NC(=O)C(CCCN=C(N)N)NC(=O)C(N)CC(C)C)C(=O)NC(C(=O)OCc1ccccc1)C(C)O. The van der Waals surface area contributed by atoms with Crippen molar-refractivity contribution < 1.29 is 29.0 Å². The van der Waals surface area contributed by atoms with E-state index in [1.54, 1.807) is 31.2 Å². The molecule has 0 aliphatic heterocycles. The molecule has 0 aliphatic rings. The number of hydrogen-bond acceptors (Lipinski definition) is 8. The molecule has 0 heterocycles. The van der Waals surface area contributed by atoms with Crippen LogP contribution >= 0.6 is 0 Å². The average molecular weight is 592 g/mol. The summed E-state index contributed by atoms with van der Waals surface area (Å²) in [6.45, 7) is 9.02. The Balaban J connectivity index is 3.05. The second-order valence-electron chi connectivity index (χ2n) is 10.9. The first-order valence-electron chi connectivity index (χ1n) is 14.4. The fourth-order valence-electron chi connectivity index (χ4n) is 4.06. The van der Waals surface area contributed by atoms with Gasteiger partial charge in [0.1, 0.15) is 18.7 Å². The zero-order valence-corrected chi connectivity index (χ0v) is 25.3. The number of aliphatic hydroxyl groups is 1. The molecule has 1 rings (SSSR count). The summed E-state index contributed by atoms with van der Waals surface area (Å²) in [5.74, 6) is -2.88. The van der Waals surface area contributed by atoms with E-state index >= 15 is 0 Å². The third-order valence-electron chi connectivity index (χ3n) is 6.69. The number of carbonyl (C=O) groups excluding carboxylic acids is 4. The molecule has 6 atom stereocenters. The van der Waals surface area contributed by atoms with Gasteiger partial charge in [0.2, 0.25) is 17.7 Å². The molecule has 236 valence electrons. The van der Waals surface area contributed by atoms with Crippen molar-refractivity contribution in [2.24, 2.45) is 34.0 Å². The first-order chi connectivity index (χ1) is 19.8. The first kappa shape index (κ1) is 36.3. The van der Waals surface area contributed by atoms with Gasteiger partial charge in [-0.15, -0.1) is 0 Å². The summed E-state index contributed by atoms with van der Waals surface area (Å²) in [6, 6.07) is 4.69. The van der Waals surface area contributed by atoms with Crippen molar-refractivity contribution in [1.82, 2.24) is 16.0 Å². The molecule has 6 unspecified atom stereocenters.